The molecule has 6 nitrogen and oxygen atoms in total. The maximum absolute atomic E-state index is 12.1. The Hall–Kier alpha value is -2.08. The van der Waals surface area contributed by atoms with Crippen LogP contribution in [-0.2, 0) is 9.53 Å². The highest BCUT2D eigenvalue weighted by Crippen LogP contribution is 2.35. The number of nitrogens with one attached hydrogen (secondary N) is 2. The Morgan fingerprint density at radius 1 is 1.39 bits per heavy atom. The zero-order chi connectivity index (χ0) is 12.8. The van der Waals surface area contributed by atoms with E-state index < -0.39 is 11.5 Å². The molecular formula is C12H12N2O4. The van der Waals surface area contributed by atoms with Crippen LogP contribution in [0.4, 0.5) is 11.4 Å². The molecule has 0 saturated carbocycles. The van der Waals surface area contributed by atoms with Crippen molar-refractivity contribution in [3.05, 3.63) is 23.8 Å². The average Bonchev–Trinajstić information content (AvgIpc) is 2.79. The van der Waals surface area contributed by atoms with Crippen LogP contribution < -0.4 is 10.6 Å². The quantitative estimate of drug-likeness (QED) is 0.687. The predicted octanol–water partition coefficient (Wildman–Crippen LogP) is 0.908. The standard InChI is InChI=1S/C12H12N2O4/c15-10(16)7-1-2-8-9(5-7)13-11(17)12(14-8)3-4-18-6-12/h1-2,5,14H,3-4,6H2,(H,13,17)(H,15,16). The van der Waals surface area contributed by atoms with E-state index in [0.717, 1.165) is 5.69 Å². The molecule has 0 radical (unpaired) electrons. The van der Waals surface area contributed by atoms with E-state index in [0.29, 0.717) is 25.3 Å². The van der Waals surface area contributed by atoms with Crippen molar-refractivity contribution in [2.75, 3.05) is 23.8 Å². The lowest BCUT2D eigenvalue weighted by Crippen LogP contribution is -2.53. The number of carbonyl (C=O) groups excluding carboxylic acids is 1. The summed E-state index contributed by atoms with van der Waals surface area (Å²) in [6.07, 6.45) is 0.610. The lowest BCUT2D eigenvalue weighted by Gasteiger charge is -2.34. The number of carbonyl (C=O) groups is 2. The van der Waals surface area contributed by atoms with Crippen LogP contribution in [0.5, 0.6) is 0 Å². The van der Waals surface area contributed by atoms with Crippen LogP contribution in [0.1, 0.15) is 16.8 Å². The van der Waals surface area contributed by atoms with E-state index in [-0.39, 0.29) is 11.5 Å². The number of carboxylic acid groups (broad SMARTS) is 1. The van der Waals surface area contributed by atoms with Gasteiger partial charge in [-0.15, -0.1) is 0 Å². The number of aromatic carboxylic acids is 1. The molecule has 3 rings (SSSR count). The number of benzene rings is 1. The molecule has 1 aromatic rings. The smallest absolute Gasteiger partial charge is 0.335 e. The molecule has 1 fully saturated rings. The van der Waals surface area contributed by atoms with Gasteiger partial charge in [0.2, 0.25) is 0 Å². The van der Waals surface area contributed by atoms with Crippen LogP contribution >= 0.6 is 0 Å². The molecule has 1 aromatic carbocycles. The largest absolute Gasteiger partial charge is 0.478 e. The van der Waals surface area contributed by atoms with Crippen molar-refractivity contribution in [2.45, 2.75) is 12.0 Å². The number of rotatable bonds is 1. The van der Waals surface area contributed by atoms with Crippen LogP contribution in [0, 0.1) is 0 Å². The average molecular weight is 248 g/mol. The van der Waals surface area contributed by atoms with Crippen molar-refractivity contribution in [2.24, 2.45) is 0 Å². The second-order valence-electron chi connectivity index (χ2n) is 4.53. The molecule has 1 spiro atoms. The van der Waals surface area contributed by atoms with Crippen molar-refractivity contribution in [1.29, 1.82) is 0 Å². The summed E-state index contributed by atoms with van der Waals surface area (Å²) in [7, 11) is 0. The molecule has 18 heavy (non-hydrogen) atoms. The first-order valence-electron chi connectivity index (χ1n) is 5.65. The molecule has 1 atom stereocenters. The molecule has 1 amide bonds. The third-order valence-electron chi connectivity index (χ3n) is 3.34. The Balaban J connectivity index is 1.99. The van der Waals surface area contributed by atoms with Crippen molar-refractivity contribution >= 4 is 23.3 Å². The van der Waals surface area contributed by atoms with Gasteiger partial charge in [-0.3, -0.25) is 4.79 Å². The van der Waals surface area contributed by atoms with Gasteiger partial charge < -0.3 is 20.5 Å². The van der Waals surface area contributed by atoms with E-state index in [1.54, 1.807) is 6.07 Å². The van der Waals surface area contributed by atoms with Gasteiger partial charge in [0.25, 0.3) is 5.91 Å². The minimum atomic E-state index is -1.02. The molecule has 0 aliphatic carbocycles. The highest BCUT2D eigenvalue weighted by atomic mass is 16.5. The second kappa shape index (κ2) is 3.71. The predicted molar refractivity (Wildman–Crippen MR) is 63.8 cm³/mol. The number of fused-ring (bicyclic) bond motifs is 1. The van der Waals surface area contributed by atoms with E-state index in [4.69, 9.17) is 9.84 Å². The third kappa shape index (κ3) is 1.53. The minimum Gasteiger partial charge on any atom is -0.478 e. The van der Waals surface area contributed by atoms with Crippen molar-refractivity contribution in [3.63, 3.8) is 0 Å². The van der Waals surface area contributed by atoms with Gasteiger partial charge in [-0.1, -0.05) is 0 Å². The van der Waals surface area contributed by atoms with Gasteiger partial charge in [0.05, 0.1) is 23.5 Å². The monoisotopic (exact) mass is 248 g/mol. The maximum atomic E-state index is 12.1. The van der Waals surface area contributed by atoms with E-state index in [1.165, 1.54) is 12.1 Å². The Kier molecular flexibility index (Phi) is 2.27. The Morgan fingerprint density at radius 3 is 2.89 bits per heavy atom. The molecule has 2 aliphatic heterocycles. The van der Waals surface area contributed by atoms with Crippen LogP contribution in [0.25, 0.3) is 0 Å². The highest BCUT2D eigenvalue weighted by Gasteiger charge is 2.45. The van der Waals surface area contributed by atoms with Crippen molar-refractivity contribution in [3.8, 4) is 0 Å². The fraction of sp³-hybridized carbons (Fsp3) is 0.333. The fourth-order valence-corrected chi connectivity index (χ4v) is 2.29. The molecule has 6 heteroatoms. The SMILES string of the molecule is O=C(O)c1ccc2c(c1)NC(=O)C1(CCOC1)N2. The normalized spacial score (nSPS) is 25.4. The molecule has 0 bridgehead atoms. The van der Waals surface area contributed by atoms with E-state index >= 15 is 0 Å². The van der Waals surface area contributed by atoms with Gasteiger partial charge in [-0.2, -0.15) is 0 Å². The summed E-state index contributed by atoms with van der Waals surface area (Å²) in [5.41, 5.74) is 0.662. The maximum Gasteiger partial charge on any atom is 0.335 e. The number of ether oxygens (including phenoxy) is 1. The summed E-state index contributed by atoms with van der Waals surface area (Å²) in [6, 6.07) is 4.62. The Labute approximate surface area is 103 Å². The summed E-state index contributed by atoms with van der Waals surface area (Å²) < 4.78 is 5.27. The molecule has 3 N–H and O–H groups in total. The molecule has 94 valence electrons. The summed E-state index contributed by atoms with van der Waals surface area (Å²) in [5, 5.41) is 14.8. The molecular weight excluding hydrogens is 236 g/mol. The number of hydrogen-bond donors (Lipinski definition) is 3. The minimum absolute atomic E-state index is 0.148. The summed E-state index contributed by atoms with van der Waals surface area (Å²) >= 11 is 0. The highest BCUT2D eigenvalue weighted by molar-refractivity contribution is 6.07. The molecule has 2 aliphatic rings. The number of hydrogen-bond acceptors (Lipinski definition) is 4. The Bertz CT molecular complexity index is 535. The summed E-state index contributed by atoms with van der Waals surface area (Å²) in [5.74, 6) is -1.19. The number of amides is 1. The number of anilines is 2. The van der Waals surface area contributed by atoms with Crippen LogP contribution in [0.3, 0.4) is 0 Å². The first kappa shape index (κ1) is 11.0. The van der Waals surface area contributed by atoms with Crippen LogP contribution in [0.15, 0.2) is 18.2 Å². The zero-order valence-corrected chi connectivity index (χ0v) is 9.53. The Morgan fingerprint density at radius 2 is 2.22 bits per heavy atom. The molecule has 1 saturated heterocycles. The van der Waals surface area contributed by atoms with Gasteiger partial charge in [-0.25, -0.2) is 4.79 Å². The summed E-state index contributed by atoms with van der Waals surface area (Å²) in [6.45, 7) is 0.877. The first-order valence-corrected chi connectivity index (χ1v) is 5.65. The van der Waals surface area contributed by atoms with Crippen LogP contribution in [-0.4, -0.2) is 35.7 Å². The lowest BCUT2D eigenvalue weighted by atomic mass is 9.93. The topological polar surface area (TPSA) is 87.7 Å². The number of carboxylic acids is 1. The third-order valence-corrected chi connectivity index (χ3v) is 3.34. The van der Waals surface area contributed by atoms with Crippen molar-refractivity contribution < 1.29 is 19.4 Å². The fourth-order valence-electron chi connectivity index (χ4n) is 2.29. The molecule has 0 aromatic heterocycles. The van der Waals surface area contributed by atoms with Gasteiger partial charge >= 0.3 is 5.97 Å². The first-order chi connectivity index (χ1) is 8.61. The van der Waals surface area contributed by atoms with E-state index in [1.807, 2.05) is 0 Å². The van der Waals surface area contributed by atoms with E-state index in [2.05, 4.69) is 10.6 Å². The summed E-state index contributed by atoms with van der Waals surface area (Å²) in [4.78, 5) is 22.9. The molecule has 1 unspecified atom stereocenters. The molecule has 2 heterocycles. The second-order valence-corrected chi connectivity index (χ2v) is 4.53. The van der Waals surface area contributed by atoms with Gasteiger partial charge in [0.15, 0.2) is 0 Å². The van der Waals surface area contributed by atoms with Gasteiger partial charge in [-0.05, 0) is 18.2 Å². The van der Waals surface area contributed by atoms with Crippen molar-refractivity contribution in [1.82, 2.24) is 0 Å². The zero-order valence-electron chi connectivity index (χ0n) is 9.53. The van der Waals surface area contributed by atoms with E-state index in [9.17, 15) is 9.59 Å². The lowest BCUT2D eigenvalue weighted by molar-refractivity contribution is -0.120. The van der Waals surface area contributed by atoms with Crippen LogP contribution in [0.2, 0.25) is 0 Å². The van der Waals surface area contributed by atoms with Gasteiger partial charge in [0.1, 0.15) is 5.54 Å². The van der Waals surface area contributed by atoms with Gasteiger partial charge in [0, 0.05) is 13.0 Å².